The third kappa shape index (κ3) is 5.81. The van der Waals surface area contributed by atoms with Gasteiger partial charge in [-0.2, -0.15) is 0 Å². The number of aliphatic hydroxyl groups is 4. The van der Waals surface area contributed by atoms with E-state index in [4.69, 9.17) is 5.11 Å². The first-order valence-corrected chi connectivity index (χ1v) is 8.15. The van der Waals surface area contributed by atoms with Gasteiger partial charge in [0.2, 0.25) is 0 Å². The molecule has 1 saturated heterocycles. The minimum atomic E-state index is -1.06. The SMILES string of the molecule is CCCCCCNC(C)CC1N[C@@H]([C@H](O)CO)[C@H](O)[C@H]1O. The summed E-state index contributed by atoms with van der Waals surface area (Å²) in [6.07, 6.45) is 2.50. The molecule has 1 rings (SSSR count). The smallest absolute Gasteiger partial charge is 0.0993 e. The number of hydrogen-bond acceptors (Lipinski definition) is 6. The molecule has 1 aliphatic heterocycles. The van der Waals surface area contributed by atoms with E-state index in [9.17, 15) is 15.3 Å². The molecule has 1 fully saturated rings. The highest BCUT2D eigenvalue weighted by Crippen LogP contribution is 2.20. The van der Waals surface area contributed by atoms with Gasteiger partial charge in [0.15, 0.2) is 0 Å². The van der Waals surface area contributed by atoms with Crippen LogP contribution < -0.4 is 10.6 Å². The molecule has 126 valence electrons. The zero-order valence-corrected chi connectivity index (χ0v) is 13.2. The van der Waals surface area contributed by atoms with Gasteiger partial charge in [0.05, 0.1) is 31.0 Å². The molecule has 0 aliphatic carbocycles. The second-order valence-electron chi connectivity index (χ2n) is 6.18. The fourth-order valence-corrected chi connectivity index (χ4v) is 2.92. The van der Waals surface area contributed by atoms with Crippen molar-refractivity contribution in [2.45, 2.75) is 82.4 Å². The van der Waals surface area contributed by atoms with Crippen molar-refractivity contribution in [3.05, 3.63) is 0 Å². The van der Waals surface area contributed by atoms with Gasteiger partial charge in [-0.15, -0.1) is 0 Å². The summed E-state index contributed by atoms with van der Waals surface area (Å²) in [7, 11) is 0. The van der Waals surface area contributed by atoms with E-state index >= 15 is 0 Å². The summed E-state index contributed by atoms with van der Waals surface area (Å²) < 4.78 is 0. The molecule has 0 aromatic carbocycles. The normalized spacial score (nSPS) is 32.3. The van der Waals surface area contributed by atoms with Crippen LogP contribution in [0, 0.1) is 0 Å². The Kier molecular flexibility index (Phi) is 8.70. The van der Waals surface area contributed by atoms with Crippen molar-refractivity contribution >= 4 is 0 Å². The van der Waals surface area contributed by atoms with Crippen molar-refractivity contribution in [2.75, 3.05) is 13.2 Å². The first kappa shape index (κ1) is 18.8. The molecular formula is C15H32N2O4. The number of nitrogens with one attached hydrogen (secondary N) is 2. The average molecular weight is 304 g/mol. The summed E-state index contributed by atoms with van der Waals surface area (Å²) in [5.74, 6) is 0. The molecule has 21 heavy (non-hydrogen) atoms. The Balaban J connectivity index is 2.30. The molecule has 0 aromatic rings. The second kappa shape index (κ2) is 9.71. The lowest BCUT2D eigenvalue weighted by Gasteiger charge is -2.21. The van der Waals surface area contributed by atoms with Crippen LogP contribution in [0.15, 0.2) is 0 Å². The van der Waals surface area contributed by atoms with E-state index in [-0.39, 0.29) is 12.1 Å². The van der Waals surface area contributed by atoms with Crippen LogP contribution >= 0.6 is 0 Å². The molecule has 1 aliphatic rings. The zero-order chi connectivity index (χ0) is 15.8. The monoisotopic (exact) mass is 304 g/mol. The van der Waals surface area contributed by atoms with Crippen LogP contribution in [0.1, 0.15) is 46.0 Å². The van der Waals surface area contributed by atoms with Gasteiger partial charge in [0.25, 0.3) is 0 Å². The first-order chi connectivity index (χ1) is 10.0. The maximum absolute atomic E-state index is 10.0. The Morgan fingerprint density at radius 3 is 2.48 bits per heavy atom. The van der Waals surface area contributed by atoms with E-state index in [2.05, 4.69) is 24.5 Å². The minimum absolute atomic E-state index is 0.219. The van der Waals surface area contributed by atoms with Crippen LogP contribution in [0.4, 0.5) is 0 Å². The Morgan fingerprint density at radius 2 is 1.86 bits per heavy atom. The summed E-state index contributed by atoms with van der Waals surface area (Å²) in [4.78, 5) is 0. The lowest BCUT2D eigenvalue weighted by molar-refractivity contribution is -0.0134. The summed E-state index contributed by atoms with van der Waals surface area (Å²) in [6.45, 7) is 4.76. The average Bonchev–Trinajstić information content (AvgIpc) is 2.74. The molecule has 0 saturated carbocycles. The van der Waals surface area contributed by atoms with Gasteiger partial charge >= 0.3 is 0 Å². The molecule has 1 heterocycles. The van der Waals surface area contributed by atoms with E-state index in [0.29, 0.717) is 6.42 Å². The lowest BCUT2D eigenvalue weighted by Crippen LogP contribution is -2.46. The Labute approximate surface area is 127 Å². The largest absolute Gasteiger partial charge is 0.394 e. The molecule has 0 bridgehead atoms. The van der Waals surface area contributed by atoms with Crippen molar-refractivity contribution in [2.24, 2.45) is 0 Å². The van der Waals surface area contributed by atoms with Crippen LogP contribution in [-0.4, -0.2) is 70.0 Å². The van der Waals surface area contributed by atoms with Gasteiger partial charge in [-0.05, 0) is 26.3 Å². The molecule has 6 atom stereocenters. The Hall–Kier alpha value is -0.240. The second-order valence-corrected chi connectivity index (χ2v) is 6.18. The van der Waals surface area contributed by atoms with Crippen LogP contribution in [-0.2, 0) is 0 Å². The van der Waals surface area contributed by atoms with Crippen LogP contribution in [0.2, 0.25) is 0 Å². The highest BCUT2D eigenvalue weighted by atomic mass is 16.3. The van der Waals surface area contributed by atoms with Crippen LogP contribution in [0.25, 0.3) is 0 Å². The van der Waals surface area contributed by atoms with E-state index in [1.54, 1.807) is 0 Å². The van der Waals surface area contributed by atoms with Crippen molar-refractivity contribution < 1.29 is 20.4 Å². The number of unbranched alkanes of at least 4 members (excludes halogenated alkanes) is 3. The fraction of sp³-hybridized carbons (Fsp3) is 1.00. The van der Waals surface area contributed by atoms with E-state index in [0.717, 1.165) is 13.0 Å². The van der Waals surface area contributed by atoms with E-state index in [1.807, 2.05) is 0 Å². The Bertz CT molecular complexity index is 280. The van der Waals surface area contributed by atoms with Gasteiger partial charge < -0.3 is 31.1 Å². The predicted octanol–water partition coefficient (Wildman–Crippen LogP) is -0.650. The van der Waals surface area contributed by atoms with Gasteiger partial charge in [0.1, 0.15) is 0 Å². The maximum Gasteiger partial charge on any atom is 0.0993 e. The summed E-state index contributed by atoms with van der Waals surface area (Å²) in [5, 5.41) is 45.0. The molecule has 0 spiro atoms. The first-order valence-electron chi connectivity index (χ1n) is 8.15. The van der Waals surface area contributed by atoms with Crippen molar-refractivity contribution in [3.63, 3.8) is 0 Å². The van der Waals surface area contributed by atoms with Crippen molar-refractivity contribution in [3.8, 4) is 0 Å². The molecule has 0 radical (unpaired) electrons. The van der Waals surface area contributed by atoms with E-state index < -0.39 is 31.0 Å². The lowest BCUT2D eigenvalue weighted by atomic mass is 10.0. The fourth-order valence-electron chi connectivity index (χ4n) is 2.92. The zero-order valence-electron chi connectivity index (χ0n) is 13.2. The minimum Gasteiger partial charge on any atom is -0.394 e. The molecule has 2 unspecified atom stereocenters. The Morgan fingerprint density at radius 1 is 1.14 bits per heavy atom. The summed E-state index contributed by atoms with van der Waals surface area (Å²) in [6, 6.07) is -0.730. The third-order valence-corrected chi connectivity index (χ3v) is 4.27. The molecule has 6 N–H and O–H groups in total. The maximum atomic E-state index is 10.0. The van der Waals surface area contributed by atoms with E-state index in [1.165, 1.54) is 19.3 Å². The standard InChI is InChI=1S/C15H32N2O4/c1-3-4-5-6-7-16-10(2)8-11-14(20)15(21)13(17-11)12(19)9-18/h10-21H,3-9H2,1-2H3/t10?,11?,12-,13+,14+,15+/m1/s1. The molecule has 0 amide bonds. The van der Waals surface area contributed by atoms with Gasteiger partial charge in [-0.3, -0.25) is 0 Å². The van der Waals surface area contributed by atoms with Crippen LogP contribution in [0.5, 0.6) is 0 Å². The number of rotatable bonds is 10. The van der Waals surface area contributed by atoms with Gasteiger partial charge in [-0.1, -0.05) is 26.2 Å². The number of aliphatic hydroxyl groups excluding tert-OH is 4. The van der Waals surface area contributed by atoms with Crippen molar-refractivity contribution in [1.82, 2.24) is 10.6 Å². The highest BCUT2D eigenvalue weighted by molar-refractivity contribution is 5.01. The van der Waals surface area contributed by atoms with Crippen molar-refractivity contribution in [1.29, 1.82) is 0 Å². The van der Waals surface area contributed by atoms with Gasteiger partial charge in [0, 0.05) is 12.1 Å². The summed E-state index contributed by atoms with van der Waals surface area (Å²) in [5.41, 5.74) is 0. The highest BCUT2D eigenvalue weighted by Gasteiger charge is 2.44. The molecular weight excluding hydrogens is 272 g/mol. The van der Waals surface area contributed by atoms with Gasteiger partial charge in [-0.25, -0.2) is 0 Å². The van der Waals surface area contributed by atoms with Crippen LogP contribution in [0.3, 0.4) is 0 Å². The number of hydrogen-bond donors (Lipinski definition) is 6. The third-order valence-electron chi connectivity index (χ3n) is 4.27. The topological polar surface area (TPSA) is 105 Å². The molecule has 6 heteroatoms. The molecule has 6 nitrogen and oxygen atoms in total. The quantitative estimate of drug-likeness (QED) is 0.300. The summed E-state index contributed by atoms with van der Waals surface area (Å²) >= 11 is 0. The molecule has 0 aromatic heterocycles. The predicted molar refractivity (Wildman–Crippen MR) is 82.0 cm³/mol.